The highest BCUT2D eigenvalue weighted by atomic mass is 16.4. The average molecular weight is 164 g/mol. The molecule has 0 fully saturated rings. The first-order valence-electron chi connectivity index (χ1n) is 3.32. The Bertz CT molecular complexity index is 280. The quantitative estimate of drug-likeness (QED) is 0.393. The SMILES string of the molecule is ON=Cc1cccc(/C=N/O)c1. The average Bonchev–Trinajstić information content (AvgIpc) is 2.06. The summed E-state index contributed by atoms with van der Waals surface area (Å²) >= 11 is 0. The lowest BCUT2D eigenvalue weighted by atomic mass is 10.1. The van der Waals surface area contributed by atoms with Gasteiger partial charge < -0.3 is 10.4 Å². The van der Waals surface area contributed by atoms with Crippen LogP contribution in [0.4, 0.5) is 0 Å². The van der Waals surface area contributed by atoms with Gasteiger partial charge in [-0.1, -0.05) is 28.5 Å². The van der Waals surface area contributed by atoms with Crippen molar-refractivity contribution < 1.29 is 10.4 Å². The number of oxime groups is 2. The largest absolute Gasteiger partial charge is 0.411 e. The van der Waals surface area contributed by atoms with Crippen LogP contribution >= 0.6 is 0 Å². The van der Waals surface area contributed by atoms with E-state index in [1.807, 2.05) is 0 Å². The highest BCUT2D eigenvalue weighted by Gasteiger charge is 1.89. The smallest absolute Gasteiger partial charge is 0.0734 e. The molecule has 0 atom stereocenters. The van der Waals surface area contributed by atoms with Crippen molar-refractivity contribution >= 4 is 12.4 Å². The minimum absolute atomic E-state index is 0.745. The molecule has 4 heteroatoms. The molecule has 2 N–H and O–H groups in total. The van der Waals surface area contributed by atoms with Crippen molar-refractivity contribution in [3.05, 3.63) is 35.4 Å². The van der Waals surface area contributed by atoms with Gasteiger partial charge in [-0.05, 0) is 17.2 Å². The Kier molecular flexibility index (Phi) is 2.84. The van der Waals surface area contributed by atoms with Crippen molar-refractivity contribution in [3.8, 4) is 0 Å². The molecule has 0 saturated carbocycles. The van der Waals surface area contributed by atoms with Crippen molar-refractivity contribution in [2.45, 2.75) is 0 Å². The van der Waals surface area contributed by atoms with E-state index in [4.69, 9.17) is 10.4 Å². The molecule has 4 nitrogen and oxygen atoms in total. The molecule has 62 valence electrons. The number of benzene rings is 1. The zero-order valence-corrected chi connectivity index (χ0v) is 6.25. The molecule has 0 bridgehead atoms. The molecule has 12 heavy (non-hydrogen) atoms. The van der Waals surface area contributed by atoms with Gasteiger partial charge >= 0.3 is 0 Å². The first kappa shape index (κ1) is 8.26. The molecule has 0 spiro atoms. The number of nitrogens with zero attached hydrogens (tertiary/aromatic N) is 2. The third-order valence-corrected chi connectivity index (χ3v) is 1.32. The van der Waals surface area contributed by atoms with Crippen LogP contribution in [0.25, 0.3) is 0 Å². The number of hydrogen-bond donors (Lipinski definition) is 2. The van der Waals surface area contributed by atoms with Crippen molar-refractivity contribution in [1.29, 1.82) is 0 Å². The number of rotatable bonds is 2. The number of hydrogen-bond acceptors (Lipinski definition) is 4. The summed E-state index contributed by atoms with van der Waals surface area (Å²) in [5.41, 5.74) is 1.49. The van der Waals surface area contributed by atoms with Crippen molar-refractivity contribution in [2.24, 2.45) is 10.3 Å². The highest BCUT2D eigenvalue weighted by Crippen LogP contribution is 2.00. The zero-order chi connectivity index (χ0) is 8.81. The van der Waals surface area contributed by atoms with E-state index in [-0.39, 0.29) is 0 Å². The fourth-order valence-corrected chi connectivity index (χ4v) is 0.853. The van der Waals surface area contributed by atoms with Crippen LogP contribution in [-0.2, 0) is 0 Å². The van der Waals surface area contributed by atoms with Gasteiger partial charge in [0.05, 0.1) is 12.4 Å². The molecule has 1 rings (SSSR count). The lowest BCUT2D eigenvalue weighted by molar-refractivity contribution is 0.322. The van der Waals surface area contributed by atoms with Gasteiger partial charge in [0, 0.05) is 0 Å². The molecule has 0 aliphatic carbocycles. The summed E-state index contributed by atoms with van der Waals surface area (Å²) in [5, 5.41) is 22.2. The van der Waals surface area contributed by atoms with Gasteiger partial charge in [0.2, 0.25) is 0 Å². The van der Waals surface area contributed by atoms with Gasteiger partial charge in [-0.2, -0.15) is 0 Å². The maximum absolute atomic E-state index is 8.23. The standard InChI is InChI=1S/C8H8N2O2/c11-9-5-7-2-1-3-8(4-7)6-10-12/h1-6,11-12H/b9-5+,10-6?. The van der Waals surface area contributed by atoms with Crippen LogP contribution in [0.2, 0.25) is 0 Å². The van der Waals surface area contributed by atoms with Crippen LogP contribution in [0.15, 0.2) is 34.6 Å². The molecule has 0 aliphatic rings. The summed E-state index contributed by atoms with van der Waals surface area (Å²) in [6.45, 7) is 0. The van der Waals surface area contributed by atoms with Crippen LogP contribution in [0.1, 0.15) is 11.1 Å². The van der Waals surface area contributed by atoms with Gasteiger partial charge in [0.15, 0.2) is 0 Å². The van der Waals surface area contributed by atoms with Gasteiger partial charge in [0.25, 0.3) is 0 Å². The Hall–Kier alpha value is -1.84. The molecule has 1 aromatic carbocycles. The second-order valence-corrected chi connectivity index (χ2v) is 2.16. The van der Waals surface area contributed by atoms with Gasteiger partial charge in [-0.15, -0.1) is 0 Å². The predicted molar refractivity (Wildman–Crippen MR) is 45.2 cm³/mol. The van der Waals surface area contributed by atoms with E-state index in [1.54, 1.807) is 24.3 Å². The Morgan fingerprint density at radius 2 is 1.50 bits per heavy atom. The fraction of sp³-hybridized carbons (Fsp3) is 0. The van der Waals surface area contributed by atoms with E-state index in [2.05, 4.69) is 10.3 Å². The Balaban J connectivity index is 2.95. The predicted octanol–water partition coefficient (Wildman–Crippen LogP) is 1.30. The molecule has 0 amide bonds. The van der Waals surface area contributed by atoms with E-state index in [1.165, 1.54) is 12.4 Å². The molecule has 1 aromatic rings. The maximum atomic E-state index is 8.23. The van der Waals surface area contributed by atoms with E-state index in [0.717, 1.165) is 11.1 Å². The Morgan fingerprint density at radius 3 is 1.92 bits per heavy atom. The van der Waals surface area contributed by atoms with Crippen LogP contribution in [0.5, 0.6) is 0 Å². The molecule has 0 unspecified atom stereocenters. The normalized spacial score (nSPS) is 11.3. The fourth-order valence-electron chi connectivity index (χ4n) is 0.853. The Labute approximate surface area is 69.4 Å². The molecular formula is C8H8N2O2. The summed E-state index contributed by atoms with van der Waals surface area (Å²) in [5.74, 6) is 0. The lowest BCUT2D eigenvalue weighted by Crippen LogP contribution is -1.85. The van der Waals surface area contributed by atoms with Gasteiger partial charge in [0.1, 0.15) is 0 Å². The Morgan fingerprint density at radius 1 is 1.00 bits per heavy atom. The van der Waals surface area contributed by atoms with Crippen LogP contribution < -0.4 is 0 Å². The van der Waals surface area contributed by atoms with Gasteiger partial charge in [-0.25, -0.2) is 0 Å². The van der Waals surface area contributed by atoms with Crippen LogP contribution in [0.3, 0.4) is 0 Å². The summed E-state index contributed by atoms with van der Waals surface area (Å²) in [6, 6.07) is 7.04. The minimum Gasteiger partial charge on any atom is -0.411 e. The van der Waals surface area contributed by atoms with E-state index >= 15 is 0 Å². The molecular weight excluding hydrogens is 156 g/mol. The van der Waals surface area contributed by atoms with Gasteiger partial charge in [-0.3, -0.25) is 0 Å². The minimum atomic E-state index is 0.745. The molecule has 0 aromatic heterocycles. The second-order valence-electron chi connectivity index (χ2n) is 2.16. The highest BCUT2D eigenvalue weighted by molar-refractivity contribution is 5.85. The first-order chi connectivity index (χ1) is 5.86. The second kappa shape index (κ2) is 4.12. The molecule has 0 aliphatic heterocycles. The third-order valence-electron chi connectivity index (χ3n) is 1.32. The summed E-state index contributed by atoms with van der Waals surface area (Å²) in [7, 11) is 0. The third kappa shape index (κ3) is 2.09. The molecule has 0 heterocycles. The topological polar surface area (TPSA) is 65.2 Å². The summed E-state index contributed by atoms with van der Waals surface area (Å²) < 4.78 is 0. The summed E-state index contributed by atoms with van der Waals surface area (Å²) in [4.78, 5) is 0. The van der Waals surface area contributed by atoms with Crippen LogP contribution in [0, 0.1) is 0 Å². The molecule has 0 radical (unpaired) electrons. The monoisotopic (exact) mass is 164 g/mol. The lowest BCUT2D eigenvalue weighted by Gasteiger charge is -1.92. The van der Waals surface area contributed by atoms with Crippen molar-refractivity contribution in [2.75, 3.05) is 0 Å². The van der Waals surface area contributed by atoms with E-state index in [9.17, 15) is 0 Å². The zero-order valence-electron chi connectivity index (χ0n) is 6.25. The molecule has 0 saturated heterocycles. The summed E-state index contributed by atoms with van der Waals surface area (Å²) in [6.07, 6.45) is 2.60. The first-order valence-corrected chi connectivity index (χ1v) is 3.32. The van der Waals surface area contributed by atoms with Crippen LogP contribution in [-0.4, -0.2) is 22.8 Å². The van der Waals surface area contributed by atoms with E-state index in [0.29, 0.717) is 0 Å². The van der Waals surface area contributed by atoms with Crippen molar-refractivity contribution in [1.82, 2.24) is 0 Å². The van der Waals surface area contributed by atoms with Crippen molar-refractivity contribution in [3.63, 3.8) is 0 Å². The van der Waals surface area contributed by atoms with E-state index < -0.39 is 0 Å². The maximum Gasteiger partial charge on any atom is 0.0734 e.